The van der Waals surface area contributed by atoms with Crippen LogP contribution in [0.2, 0.25) is 0 Å². The summed E-state index contributed by atoms with van der Waals surface area (Å²) in [4.78, 5) is 0.120. The Bertz CT molecular complexity index is 576. The van der Waals surface area contributed by atoms with Crippen LogP contribution < -0.4 is 0 Å². The van der Waals surface area contributed by atoms with E-state index in [-0.39, 0.29) is 11.5 Å². The summed E-state index contributed by atoms with van der Waals surface area (Å²) in [6, 6.07) is 6.47. The summed E-state index contributed by atoms with van der Waals surface area (Å²) in [7, 11) is -3.80. The number of ether oxygens (including phenoxy) is 1. The Morgan fingerprint density at radius 2 is 2.00 bits per heavy atom. The summed E-state index contributed by atoms with van der Waals surface area (Å²) in [5.41, 5.74) is 0.982. The van der Waals surface area contributed by atoms with Gasteiger partial charge >= 0.3 is 0 Å². The molecule has 5 nitrogen and oxygen atoms in total. The standard InChI is InChI=1S/C18H28O5S/c1-15-9-11-18(12-10-15)24(20,21)23-14-16(19)6-2-3-7-17-8-4-5-13-22-17/h9-12,16-17,19H,2-8,13-14H2,1H3. The van der Waals surface area contributed by atoms with Gasteiger partial charge in [0.2, 0.25) is 0 Å². The molecule has 1 aliphatic rings. The van der Waals surface area contributed by atoms with Gasteiger partial charge in [-0.2, -0.15) is 8.42 Å². The Morgan fingerprint density at radius 1 is 1.25 bits per heavy atom. The Balaban J connectivity index is 1.64. The molecule has 136 valence electrons. The molecular weight excluding hydrogens is 328 g/mol. The first-order valence-corrected chi connectivity index (χ1v) is 10.1. The molecule has 1 N–H and O–H groups in total. The lowest BCUT2D eigenvalue weighted by Gasteiger charge is -2.22. The molecule has 0 amide bonds. The molecule has 6 heteroatoms. The van der Waals surface area contributed by atoms with Crippen molar-refractivity contribution in [1.29, 1.82) is 0 Å². The number of aliphatic hydroxyl groups excluding tert-OH is 1. The maximum absolute atomic E-state index is 12.0. The lowest BCUT2D eigenvalue weighted by Crippen LogP contribution is -2.20. The lowest BCUT2D eigenvalue weighted by molar-refractivity contribution is 0.00894. The van der Waals surface area contributed by atoms with Gasteiger partial charge in [-0.15, -0.1) is 0 Å². The van der Waals surface area contributed by atoms with Gasteiger partial charge in [-0.05, 0) is 51.2 Å². The highest BCUT2D eigenvalue weighted by molar-refractivity contribution is 7.86. The zero-order valence-corrected chi connectivity index (χ0v) is 15.1. The van der Waals surface area contributed by atoms with Gasteiger partial charge < -0.3 is 9.84 Å². The van der Waals surface area contributed by atoms with E-state index in [0.717, 1.165) is 44.3 Å². The predicted octanol–water partition coefficient (Wildman–Crippen LogP) is 3.19. The molecular formula is C18H28O5S. The molecule has 0 radical (unpaired) electrons. The number of rotatable bonds is 9. The normalized spacial score (nSPS) is 20.0. The summed E-state index contributed by atoms with van der Waals surface area (Å²) in [5, 5.41) is 9.92. The van der Waals surface area contributed by atoms with Gasteiger partial charge in [0.1, 0.15) is 0 Å². The molecule has 2 unspecified atom stereocenters. The predicted molar refractivity (Wildman–Crippen MR) is 92.4 cm³/mol. The number of hydrogen-bond donors (Lipinski definition) is 1. The topological polar surface area (TPSA) is 72.8 Å². The fourth-order valence-corrected chi connectivity index (χ4v) is 3.75. The van der Waals surface area contributed by atoms with Gasteiger partial charge in [0.15, 0.2) is 0 Å². The largest absolute Gasteiger partial charge is 0.391 e. The summed E-state index contributed by atoms with van der Waals surface area (Å²) >= 11 is 0. The summed E-state index contributed by atoms with van der Waals surface area (Å²) in [6.07, 6.45) is 6.47. The van der Waals surface area contributed by atoms with Gasteiger partial charge in [-0.1, -0.05) is 30.5 Å². The molecule has 1 heterocycles. The number of unbranched alkanes of at least 4 members (excludes halogenated alkanes) is 1. The second-order valence-electron chi connectivity index (χ2n) is 6.48. The fraction of sp³-hybridized carbons (Fsp3) is 0.667. The first kappa shape index (κ1) is 19.4. The minimum absolute atomic E-state index is 0.120. The van der Waals surface area contributed by atoms with E-state index in [1.54, 1.807) is 12.1 Å². The quantitative estimate of drug-likeness (QED) is 0.543. The Labute approximate surface area is 145 Å². The Morgan fingerprint density at radius 3 is 2.67 bits per heavy atom. The van der Waals surface area contributed by atoms with Crippen molar-refractivity contribution in [2.45, 2.75) is 69.0 Å². The molecule has 0 spiro atoms. The number of aliphatic hydroxyl groups is 1. The fourth-order valence-electron chi connectivity index (χ4n) is 2.81. The molecule has 1 fully saturated rings. The van der Waals surface area contributed by atoms with E-state index >= 15 is 0 Å². The van der Waals surface area contributed by atoms with E-state index in [9.17, 15) is 13.5 Å². The van der Waals surface area contributed by atoms with Crippen molar-refractivity contribution in [1.82, 2.24) is 0 Å². The van der Waals surface area contributed by atoms with Gasteiger partial charge in [-0.3, -0.25) is 4.18 Å². The minimum Gasteiger partial charge on any atom is -0.391 e. The van der Waals surface area contributed by atoms with E-state index in [2.05, 4.69) is 0 Å². The van der Waals surface area contributed by atoms with E-state index in [4.69, 9.17) is 8.92 Å². The zero-order valence-electron chi connectivity index (χ0n) is 14.3. The van der Waals surface area contributed by atoms with Crippen molar-refractivity contribution in [3.05, 3.63) is 29.8 Å². The van der Waals surface area contributed by atoms with E-state index in [1.165, 1.54) is 18.6 Å². The average Bonchev–Trinajstić information content (AvgIpc) is 2.58. The molecule has 1 aliphatic heterocycles. The number of aryl methyl sites for hydroxylation is 1. The SMILES string of the molecule is Cc1ccc(S(=O)(=O)OCC(O)CCCCC2CCCCO2)cc1. The highest BCUT2D eigenvalue weighted by Gasteiger charge is 2.18. The van der Waals surface area contributed by atoms with E-state index in [0.29, 0.717) is 12.5 Å². The third-order valence-electron chi connectivity index (χ3n) is 4.31. The molecule has 2 atom stereocenters. The highest BCUT2D eigenvalue weighted by Crippen LogP contribution is 2.19. The van der Waals surface area contributed by atoms with Crippen LogP contribution in [0.3, 0.4) is 0 Å². The molecule has 1 saturated heterocycles. The number of hydrogen-bond acceptors (Lipinski definition) is 5. The van der Waals surface area contributed by atoms with Crippen LogP contribution in [-0.4, -0.2) is 38.9 Å². The van der Waals surface area contributed by atoms with Crippen LogP contribution in [0.25, 0.3) is 0 Å². The highest BCUT2D eigenvalue weighted by atomic mass is 32.2. The van der Waals surface area contributed by atoms with Crippen LogP contribution in [0.5, 0.6) is 0 Å². The second-order valence-corrected chi connectivity index (χ2v) is 8.09. The van der Waals surface area contributed by atoms with Crippen LogP contribution >= 0.6 is 0 Å². The maximum Gasteiger partial charge on any atom is 0.297 e. The minimum atomic E-state index is -3.80. The smallest absolute Gasteiger partial charge is 0.297 e. The van der Waals surface area contributed by atoms with Crippen molar-refractivity contribution in [2.75, 3.05) is 13.2 Å². The van der Waals surface area contributed by atoms with Gasteiger partial charge in [0.05, 0.1) is 23.7 Å². The Hall–Kier alpha value is -0.950. The van der Waals surface area contributed by atoms with Crippen molar-refractivity contribution in [3.63, 3.8) is 0 Å². The van der Waals surface area contributed by atoms with Gasteiger partial charge in [0.25, 0.3) is 10.1 Å². The van der Waals surface area contributed by atoms with Crippen LogP contribution in [0.1, 0.15) is 50.5 Å². The van der Waals surface area contributed by atoms with Crippen LogP contribution in [0, 0.1) is 6.92 Å². The van der Waals surface area contributed by atoms with E-state index < -0.39 is 16.2 Å². The van der Waals surface area contributed by atoms with Crippen molar-refractivity contribution >= 4 is 10.1 Å². The molecule has 0 saturated carbocycles. The summed E-state index contributed by atoms with van der Waals surface area (Å²) < 4.78 is 34.7. The van der Waals surface area contributed by atoms with Gasteiger partial charge in [-0.25, -0.2) is 0 Å². The summed E-state index contributed by atoms with van der Waals surface area (Å²) in [6.45, 7) is 2.55. The molecule has 0 bridgehead atoms. The molecule has 0 aliphatic carbocycles. The third-order valence-corrected chi connectivity index (χ3v) is 5.61. The van der Waals surface area contributed by atoms with Crippen LogP contribution in [0.15, 0.2) is 29.2 Å². The molecule has 24 heavy (non-hydrogen) atoms. The maximum atomic E-state index is 12.0. The zero-order chi connectivity index (χ0) is 17.4. The third kappa shape index (κ3) is 6.51. The Kier molecular flexibility index (Phi) is 7.68. The van der Waals surface area contributed by atoms with Crippen LogP contribution in [-0.2, 0) is 19.0 Å². The van der Waals surface area contributed by atoms with Crippen LogP contribution in [0.4, 0.5) is 0 Å². The van der Waals surface area contributed by atoms with Crippen molar-refractivity contribution < 1.29 is 22.4 Å². The second kappa shape index (κ2) is 9.51. The molecule has 2 rings (SSSR count). The van der Waals surface area contributed by atoms with Crippen molar-refractivity contribution in [2.24, 2.45) is 0 Å². The molecule has 1 aromatic rings. The van der Waals surface area contributed by atoms with E-state index in [1.807, 2.05) is 6.92 Å². The lowest BCUT2D eigenvalue weighted by atomic mass is 10.0. The molecule has 1 aromatic carbocycles. The van der Waals surface area contributed by atoms with Gasteiger partial charge in [0, 0.05) is 6.61 Å². The average molecular weight is 356 g/mol. The van der Waals surface area contributed by atoms with Crippen molar-refractivity contribution in [3.8, 4) is 0 Å². The monoisotopic (exact) mass is 356 g/mol. The molecule has 0 aromatic heterocycles. The number of benzene rings is 1. The summed E-state index contributed by atoms with van der Waals surface area (Å²) in [5.74, 6) is 0. The first-order valence-electron chi connectivity index (χ1n) is 8.73. The first-order chi connectivity index (χ1) is 11.5.